The second-order valence-electron chi connectivity index (χ2n) is 8.81. The zero-order valence-electron chi connectivity index (χ0n) is 20.7. The number of furan rings is 1. The SMILES string of the molecule is COc1ccc(N2CCN([C@@H](CNC(=O)C(=O)NCCCc3ccccc3)c3ccco3)CC2)cc1. The number of anilines is 1. The fraction of sp³-hybridized carbons (Fsp3) is 0.357. The Hall–Kier alpha value is -3.78. The highest BCUT2D eigenvalue weighted by atomic mass is 16.5. The lowest BCUT2D eigenvalue weighted by Gasteiger charge is -2.39. The topological polar surface area (TPSA) is 87.0 Å². The molecule has 2 amide bonds. The van der Waals surface area contributed by atoms with Gasteiger partial charge >= 0.3 is 11.8 Å². The molecule has 0 radical (unpaired) electrons. The second kappa shape index (κ2) is 12.8. The minimum atomic E-state index is -0.622. The predicted molar refractivity (Wildman–Crippen MR) is 139 cm³/mol. The Kier molecular flexibility index (Phi) is 8.99. The number of rotatable bonds is 10. The van der Waals surface area contributed by atoms with E-state index in [1.54, 1.807) is 13.4 Å². The van der Waals surface area contributed by atoms with Crippen molar-refractivity contribution in [1.29, 1.82) is 0 Å². The van der Waals surface area contributed by atoms with Crippen molar-refractivity contribution in [2.45, 2.75) is 18.9 Å². The summed E-state index contributed by atoms with van der Waals surface area (Å²) in [7, 11) is 1.66. The van der Waals surface area contributed by atoms with E-state index in [0.29, 0.717) is 13.1 Å². The van der Waals surface area contributed by atoms with Crippen LogP contribution in [0, 0.1) is 0 Å². The van der Waals surface area contributed by atoms with Gasteiger partial charge in [0.05, 0.1) is 19.4 Å². The summed E-state index contributed by atoms with van der Waals surface area (Å²) >= 11 is 0. The first-order valence-corrected chi connectivity index (χ1v) is 12.4. The monoisotopic (exact) mass is 490 g/mol. The molecule has 190 valence electrons. The summed E-state index contributed by atoms with van der Waals surface area (Å²) in [6.07, 6.45) is 3.26. The van der Waals surface area contributed by atoms with E-state index in [1.807, 2.05) is 42.5 Å². The van der Waals surface area contributed by atoms with Crippen molar-refractivity contribution in [3.05, 3.63) is 84.3 Å². The fourth-order valence-corrected chi connectivity index (χ4v) is 4.46. The molecule has 4 rings (SSSR count). The molecule has 8 heteroatoms. The molecule has 8 nitrogen and oxygen atoms in total. The fourth-order valence-electron chi connectivity index (χ4n) is 4.46. The molecule has 1 saturated heterocycles. The van der Waals surface area contributed by atoms with Crippen LogP contribution < -0.4 is 20.3 Å². The van der Waals surface area contributed by atoms with Crippen molar-refractivity contribution in [2.75, 3.05) is 51.3 Å². The quantitative estimate of drug-likeness (QED) is 0.336. The van der Waals surface area contributed by atoms with Crippen LogP contribution in [0.5, 0.6) is 5.75 Å². The summed E-state index contributed by atoms with van der Waals surface area (Å²) in [5.41, 5.74) is 2.37. The molecule has 1 aromatic heterocycles. The Balaban J connectivity index is 1.25. The normalized spacial score (nSPS) is 14.8. The first-order chi connectivity index (χ1) is 17.6. The smallest absolute Gasteiger partial charge is 0.309 e. The molecule has 1 aliphatic rings. The van der Waals surface area contributed by atoms with Gasteiger partial charge in [0, 0.05) is 45.0 Å². The highest BCUT2D eigenvalue weighted by Gasteiger charge is 2.28. The third-order valence-corrected chi connectivity index (χ3v) is 6.50. The standard InChI is InChI=1S/C28H34N4O4/c1-35-24-13-11-23(12-14-24)31-16-18-32(19-17-31)25(26-10-6-20-36-26)21-30-28(34)27(33)29-15-5-9-22-7-3-2-4-8-22/h2-4,6-8,10-14,20,25H,5,9,15-19,21H2,1H3,(H,29,33)(H,30,34)/t25-/m0/s1. The van der Waals surface area contributed by atoms with Gasteiger partial charge < -0.3 is 24.7 Å². The van der Waals surface area contributed by atoms with E-state index < -0.39 is 11.8 Å². The average molecular weight is 491 g/mol. The van der Waals surface area contributed by atoms with Crippen molar-refractivity contribution in [1.82, 2.24) is 15.5 Å². The summed E-state index contributed by atoms with van der Waals surface area (Å²) in [4.78, 5) is 29.4. The number of benzene rings is 2. The molecular weight excluding hydrogens is 456 g/mol. The van der Waals surface area contributed by atoms with Crippen LogP contribution in [0.15, 0.2) is 77.4 Å². The predicted octanol–water partition coefficient (Wildman–Crippen LogP) is 3.02. The molecule has 0 saturated carbocycles. The van der Waals surface area contributed by atoms with Crippen molar-refractivity contribution in [3.63, 3.8) is 0 Å². The molecule has 36 heavy (non-hydrogen) atoms. The molecule has 0 unspecified atom stereocenters. The highest BCUT2D eigenvalue weighted by Crippen LogP contribution is 2.25. The maximum Gasteiger partial charge on any atom is 0.309 e. The molecule has 0 bridgehead atoms. The Morgan fingerprint density at radius 3 is 2.31 bits per heavy atom. The molecule has 1 atom stereocenters. The van der Waals surface area contributed by atoms with Crippen LogP contribution in [-0.4, -0.2) is 63.1 Å². The number of methoxy groups -OCH3 is 1. The number of carbonyl (C=O) groups is 2. The van der Waals surface area contributed by atoms with Gasteiger partial charge in [-0.25, -0.2) is 0 Å². The van der Waals surface area contributed by atoms with Crippen molar-refractivity contribution < 1.29 is 18.7 Å². The number of hydrogen-bond donors (Lipinski definition) is 2. The summed E-state index contributed by atoms with van der Waals surface area (Å²) < 4.78 is 10.9. The molecule has 2 N–H and O–H groups in total. The molecule has 1 fully saturated rings. The Bertz CT molecular complexity index is 1080. The zero-order valence-corrected chi connectivity index (χ0v) is 20.7. The molecule has 0 aliphatic carbocycles. The van der Waals surface area contributed by atoms with Gasteiger partial charge in [-0.3, -0.25) is 14.5 Å². The van der Waals surface area contributed by atoms with Gasteiger partial charge in [-0.15, -0.1) is 0 Å². The molecule has 1 aliphatic heterocycles. The first-order valence-electron chi connectivity index (χ1n) is 12.4. The van der Waals surface area contributed by atoms with Gasteiger partial charge in [0.2, 0.25) is 0 Å². The van der Waals surface area contributed by atoms with E-state index in [-0.39, 0.29) is 6.04 Å². The first kappa shape index (κ1) is 25.3. The Morgan fingerprint density at radius 1 is 0.917 bits per heavy atom. The number of amides is 2. The zero-order chi connectivity index (χ0) is 25.2. The van der Waals surface area contributed by atoms with Crippen LogP contribution in [0.2, 0.25) is 0 Å². The molecule has 2 aromatic carbocycles. The van der Waals surface area contributed by atoms with Crippen molar-refractivity contribution >= 4 is 17.5 Å². The molecule has 0 spiro atoms. The minimum Gasteiger partial charge on any atom is -0.497 e. The lowest BCUT2D eigenvalue weighted by atomic mass is 10.1. The third kappa shape index (κ3) is 6.88. The van der Waals surface area contributed by atoms with E-state index in [9.17, 15) is 9.59 Å². The van der Waals surface area contributed by atoms with Gasteiger partial charge in [-0.2, -0.15) is 0 Å². The third-order valence-electron chi connectivity index (χ3n) is 6.50. The van der Waals surface area contributed by atoms with Crippen LogP contribution >= 0.6 is 0 Å². The Labute approximate surface area is 212 Å². The number of ether oxygens (including phenoxy) is 1. The lowest BCUT2D eigenvalue weighted by Crippen LogP contribution is -2.50. The molecule has 3 aromatic rings. The van der Waals surface area contributed by atoms with Gasteiger partial charge in [-0.05, 0) is 54.8 Å². The summed E-state index contributed by atoms with van der Waals surface area (Å²) in [5, 5.41) is 5.52. The van der Waals surface area contributed by atoms with Crippen LogP contribution in [0.1, 0.15) is 23.8 Å². The Morgan fingerprint density at radius 2 is 1.64 bits per heavy atom. The van der Waals surface area contributed by atoms with Crippen LogP contribution in [0.25, 0.3) is 0 Å². The number of nitrogens with zero attached hydrogens (tertiary/aromatic N) is 2. The van der Waals surface area contributed by atoms with Gasteiger partial charge in [0.15, 0.2) is 0 Å². The van der Waals surface area contributed by atoms with Crippen LogP contribution in [-0.2, 0) is 16.0 Å². The van der Waals surface area contributed by atoms with Gasteiger partial charge in [0.25, 0.3) is 0 Å². The van der Waals surface area contributed by atoms with E-state index in [1.165, 1.54) is 5.56 Å². The largest absolute Gasteiger partial charge is 0.497 e. The number of carbonyl (C=O) groups excluding carboxylic acids is 2. The lowest BCUT2D eigenvalue weighted by molar-refractivity contribution is -0.139. The molecule has 2 heterocycles. The van der Waals surface area contributed by atoms with E-state index >= 15 is 0 Å². The maximum atomic E-state index is 12.5. The summed E-state index contributed by atoms with van der Waals surface area (Å²) in [6, 6.07) is 21.8. The number of piperazine rings is 1. The van der Waals surface area contributed by atoms with Crippen molar-refractivity contribution in [3.8, 4) is 5.75 Å². The van der Waals surface area contributed by atoms with Gasteiger partial charge in [-0.1, -0.05) is 30.3 Å². The maximum absolute atomic E-state index is 12.5. The van der Waals surface area contributed by atoms with Crippen molar-refractivity contribution in [2.24, 2.45) is 0 Å². The number of nitrogens with one attached hydrogen (secondary N) is 2. The minimum absolute atomic E-state index is 0.146. The second-order valence-corrected chi connectivity index (χ2v) is 8.81. The average Bonchev–Trinajstić information content (AvgIpc) is 3.47. The van der Waals surface area contributed by atoms with Crippen LogP contribution in [0.4, 0.5) is 5.69 Å². The summed E-state index contributed by atoms with van der Waals surface area (Å²) in [5.74, 6) is 0.386. The molecular formula is C28H34N4O4. The number of aryl methyl sites for hydroxylation is 1. The highest BCUT2D eigenvalue weighted by molar-refractivity contribution is 6.35. The van der Waals surface area contributed by atoms with E-state index in [4.69, 9.17) is 9.15 Å². The van der Waals surface area contributed by atoms with Crippen LogP contribution in [0.3, 0.4) is 0 Å². The van der Waals surface area contributed by atoms with E-state index in [0.717, 1.165) is 56.2 Å². The van der Waals surface area contributed by atoms with Gasteiger partial charge in [0.1, 0.15) is 11.5 Å². The number of hydrogen-bond acceptors (Lipinski definition) is 6. The summed E-state index contributed by atoms with van der Waals surface area (Å²) in [6.45, 7) is 4.05. The van der Waals surface area contributed by atoms with E-state index in [2.05, 4.69) is 44.7 Å².